The van der Waals surface area contributed by atoms with Crippen LogP contribution in [0, 0.1) is 0 Å². The molecular formula is C14H14N4O3S. The van der Waals surface area contributed by atoms with E-state index in [4.69, 9.17) is 4.42 Å². The number of carbonyl (C=O) groups is 2. The molecule has 0 aromatic carbocycles. The molecule has 3 aromatic rings. The van der Waals surface area contributed by atoms with Gasteiger partial charge >= 0.3 is 0 Å². The number of hydrogen-bond donors (Lipinski definition) is 2. The van der Waals surface area contributed by atoms with Crippen LogP contribution in [0.15, 0.2) is 40.6 Å². The Hall–Kier alpha value is -2.61. The van der Waals surface area contributed by atoms with Gasteiger partial charge in [-0.1, -0.05) is 0 Å². The van der Waals surface area contributed by atoms with Crippen molar-refractivity contribution < 1.29 is 14.0 Å². The minimum atomic E-state index is -0.665. The van der Waals surface area contributed by atoms with Crippen molar-refractivity contribution in [3.05, 3.63) is 47.6 Å². The van der Waals surface area contributed by atoms with Crippen LogP contribution in [0.25, 0.3) is 4.96 Å². The highest BCUT2D eigenvalue weighted by atomic mass is 32.1. The SMILES string of the molecule is CC(NC(=O)c1ccco1)C(=O)NCc1cn2ccsc2n1. The smallest absolute Gasteiger partial charge is 0.287 e. The summed E-state index contributed by atoms with van der Waals surface area (Å²) in [6.45, 7) is 1.93. The van der Waals surface area contributed by atoms with Gasteiger partial charge in [-0.2, -0.15) is 0 Å². The lowest BCUT2D eigenvalue weighted by molar-refractivity contribution is -0.122. The van der Waals surface area contributed by atoms with Gasteiger partial charge in [0.1, 0.15) is 6.04 Å². The molecule has 2 N–H and O–H groups in total. The summed E-state index contributed by atoms with van der Waals surface area (Å²) in [7, 11) is 0. The third kappa shape index (κ3) is 3.01. The van der Waals surface area contributed by atoms with Crippen LogP contribution < -0.4 is 10.6 Å². The van der Waals surface area contributed by atoms with Crippen LogP contribution in [0.1, 0.15) is 23.2 Å². The molecule has 1 unspecified atom stereocenters. The summed E-state index contributed by atoms with van der Waals surface area (Å²) in [5.74, 6) is -0.527. The van der Waals surface area contributed by atoms with Crippen molar-refractivity contribution in [2.24, 2.45) is 0 Å². The first-order valence-electron chi connectivity index (χ1n) is 6.66. The van der Waals surface area contributed by atoms with Gasteiger partial charge in [0.05, 0.1) is 18.5 Å². The Balaban J connectivity index is 1.52. The van der Waals surface area contributed by atoms with Gasteiger partial charge in [0.25, 0.3) is 5.91 Å². The maximum absolute atomic E-state index is 12.0. The number of fused-ring (bicyclic) bond motifs is 1. The Bertz CT molecular complexity index is 762. The summed E-state index contributed by atoms with van der Waals surface area (Å²) < 4.78 is 6.87. The molecule has 0 spiro atoms. The number of nitrogens with zero attached hydrogens (tertiary/aromatic N) is 2. The van der Waals surface area contributed by atoms with Crippen LogP contribution in [-0.4, -0.2) is 27.2 Å². The molecule has 114 valence electrons. The third-order valence-electron chi connectivity index (χ3n) is 3.07. The Morgan fingerprint density at radius 3 is 3.09 bits per heavy atom. The lowest BCUT2D eigenvalue weighted by Crippen LogP contribution is -2.44. The zero-order chi connectivity index (χ0) is 15.5. The molecule has 3 heterocycles. The average molecular weight is 318 g/mol. The molecule has 3 rings (SSSR count). The van der Waals surface area contributed by atoms with E-state index in [0.717, 1.165) is 10.7 Å². The lowest BCUT2D eigenvalue weighted by atomic mass is 10.3. The number of hydrogen-bond acceptors (Lipinski definition) is 5. The fourth-order valence-electron chi connectivity index (χ4n) is 1.93. The number of aromatic nitrogens is 2. The highest BCUT2D eigenvalue weighted by Crippen LogP contribution is 2.11. The Morgan fingerprint density at radius 2 is 2.36 bits per heavy atom. The minimum Gasteiger partial charge on any atom is -0.459 e. The fourth-order valence-corrected chi connectivity index (χ4v) is 2.65. The number of furan rings is 1. The first kappa shape index (κ1) is 14.3. The summed E-state index contributed by atoms with van der Waals surface area (Å²) in [5, 5.41) is 7.26. The van der Waals surface area contributed by atoms with E-state index in [-0.39, 0.29) is 11.7 Å². The second-order valence-corrected chi connectivity index (χ2v) is 5.59. The van der Waals surface area contributed by atoms with Crippen LogP contribution in [0.3, 0.4) is 0 Å². The number of imidazole rings is 1. The van der Waals surface area contributed by atoms with E-state index in [2.05, 4.69) is 15.6 Å². The lowest BCUT2D eigenvalue weighted by Gasteiger charge is -2.12. The van der Waals surface area contributed by atoms with Gasteiger partial charge in [-0.15, -0.1) is 11.3 Å². The number of amides is 2. The molecule has 0 aliphatic carbocycles. The van der Waals surface area contributed by atoms with E-state index in [9.17, 15) is 9.59 Å². The number of rotatable bonds is 5. The summed E-state index contributed by atoms with van der Waals surface area (Å²) in [6.07, 6.45) is 5.17. The second-order valence-electron chi connectivity index (χ2n) is 4.72. The molecule has 3 aromatic heterocycles. The predicted molar refractivity (Wildman–Crippen MR) is 80.6 cm³/mol. The van der Waals surface area contributed by atoms with Gasteiger partial charge in [0, 0.05) is 17.8 Å². The molecule has 2 amide bonds. The summed E-state index contributed by atoms with van der Waals surface area (Å²) in [4.78, 5) is 29.0. The van der Waals surface area contributed by atoms with Crippen molar-refractivity contribution in [1.82, 2.24) is 20.0 Å². The highest BCUT2D eigenvalue weighted by Gasteiger charge is 2.18. The topological polar surface area (TPSA) is 88.6 Å². The maximum Gasteiger partial charge on any atom is 0.287 e. The first-order chi connectivity index (χ1) is 10.6. The minimum absolute atomic E-state index is 0.175. The van der Waals surface area contributed by atoms with Gasteiger partial charge in [-0.05, 0) is 19.1 Å². The van der Waals surface area contributed by atoms with Gasteiger partial charge in [0.15, 0.2) is 10.7 Å². The summed E-state index contributed by atoms with van der Waals surface area (Å²) in [5.41, 5.74) is 0.768. The van der Waals surface area contributed by atoms with Crippen LogP contribution >= 0.6 is 11.3 Å². The quantitative estimate of drug-likeness (QED) is 0.745. The van der Waals surface area contributed by atoms with E-state index in [1.165, 1.54) is 23.7 Å². The normalized spacial score (nSPS) is 12.2. The zero-order valence-corrected chi connectivity index (χ0v) is 12.6. The van der Waals surface area contributed by atoms with Crippen molar-refractivity contribution in [2.75, 3.05) is 0 Å². The molecule has 1 atom stereocenters. The maximum atomic E-state index is 12.0. The fraction of sp³-hybridized carbons (Fsp3) is 0.214. The second kappa shape index (κ2) is 6.02. The van der Waals surface area contributed by atoms with Crippen LogP contribution in [0.5, 0.6) is 0 Å². The van der Waals surface area contributed by atoms with Gasteiger partial charge in [-0.3, -0.25) is 14.0 Å². The van der Waals surface area contributed by atoms with Crippen LogP contribution in [0.2, 0.25) is 0 Å². The van der Waals surface area contributed by atoms with Crippen molar-refractivity contribution in [2.45, 2.75) is 19.5 Å². The molecule has 0 radical (unpaired) electrons. The summed E-state index contributed by atoms with van der Waals surface area (Å²) in [6, 6.07) is 2.49. The molecule has 0 aliphatic rings. The van der Waals surface area contributed by atoms with Crippen molar-refractivity contribution >= 4 is 28.1 Å². The Labute approximate surface area is 130 Å². The first-order valence-corrected chi connectivity index (χ1v) is 7.54. The number of nitrogens with one attached hydrogen (secondary N) is 2. The predicted octanol–water partition coefficient (Wildman–Crippen LogP) is 1.42. The van der Waals surface area contributed by atoms with Gasteiger partial charge < -0.3 is 15.1 Å². The van der Waals surface area contributed by atoms with E-state index in [0.29, 0.717) is 6.54 Å². The van der Waals surface area contributed by atoms with Gasteiger partial charge in [0.2, 0.25) is 5.91 Å². The zero-order valence-electron chi connectivity index (χ0n) is 11.8. The number of carbonyl (C=O) groups excluding carboxylic acids is 2. The summed E-state index contributed by atoms with van der Waals surface area (Å²) >= 11 is 1.53. The van der Waals surface area contributed by atoms with E-state index in [1.807, 2.05) is 22.2 Å². The van der Waals surface area contributed by atoms with E-state index < -0.39 is 11.9 Å². The molecule has 8 heteroatoms. The molecule has 7 nitrogen and oxygen atoms in total. The monoisotopic (exact) mass is 318 g/mol. The van der Waals surface area contributed by atoms with E-state index in [1.54, 1.807) is 13.0 Å². The molecule has 0 bridgehead atoms. The molecule has 0 saturated heterocycles. The van der Waals surface area contributed by atoms with Crippen molar-refractivity contribution in [1.29, 1.82) is 0 Å². The Kier molecular flexibility index (Phi) is 3.92. The third-order valence-corrected chi connectivity index (χ3v) is 3.84. The Morgan fingerprint density at radius 1 is 1.50 bits per heavy atom. The van der Waals surface area contributed by atoms with Crippen molar-refractivity contribution in [3.8, 4) is 0 Å². The van der Waals surface area contributed by atoms with Crippen LogP contribution in [-0.2, 0) is 11.3 Å². The highest BCUT2D eigenvalue weighted by molar-refractivity contribution is 7.15. The van der Waals surface area contributed by atoms with Crippen LogP contribution in [0.4, 0.5) is 0 Å². The molecule has 0 fully saturated rings. The standard InChI is InChI=1S/C14H14N4O3S/c1-9(16-13(20)11-3-2-5-21-11)12(19)15-7-10-8-18-4-6-22-14(18)17-10/h2-6,8-9H,7H2,1H3,(H,15,19)(H,16,20). The molecule has 22 heavy (non-hydrogen) atoms. The van der Waals surface area contributed by atoms with Gasteiger partial charge in [-0.25, -0.2) is 4.98 Å². The van der Waals surface area contributed by atoms with Crippen molar-refractivity contribution in [3.63, 3.8) is 0 Å². The molecule has 0 aliphatic heterocycles. The molecular weight excluding hydrogens is 304 g/mol. The molecule has 0 saturated carbocycles. The average Bonchev–Trinajstić information content (AvgIpc) is 3.20. The number of thiazole rings is 1. The largest absolute Gasteiger partial charge is 0.459 e. The van der Waals surface area contributed by atoms with E-state index >= 15 is 0 Å².